The number of nitrogens with two attached hydrogens (primary N) is 1. The number of ether oxygens (including phenoxy) is 2. The van der Waals surface area contributed by atoms with Gasteiger partial charge in [0.25, 0.3) is 0 Å². The Kier molecular flexibility index (Phi) is 6.12. The Morgan fingerprint density at radius 2 is 1.83 bits per heavy atom. The molecular formula is C14H24N2O2. The van der Waals surface area contributed by atoms with Crippen molar-refractivity contribution in [1.29, 1.82) is 0 Å². The molecule has 0 aromatic heterocycles. The summed E-state index contributed by atoms with van der Waals surface area (Å²) in [7, 11) is 1.70. The van der Waals surface area contributed by atoms with Gasteiger partial charge in [-0.15, -0.1) is 0 Å². The predicted molar refractivity (Wildman–Crippen MR) is 73.4 cm³/mol. The summed E-state index contributed by atoms with van der Waals surface area (Å²) in [4.78, 5) is 0. The molecule has 0 saturated carbocycles. The van der Waals surface area contributed by atoms with Crippen molar-refractivity contribution in [2.45, 2.75) is 45.4 Å². The summed E-state index contributed by atoms with van der Waals surface area (Å²) >= 11 is 0. The van der Waals surface area contributed by atoms with E-state index in [4.69, 9.17) is 15.3 Å². The van der Waals surface area contributed by atoms with Gasteiger partial charge in [-0.2, -0.15) is 0 Å². The fourth-order valence-electron chi connectivity index (χ4n) is 1.98. The molecule has 0 fully saturated rings. The van der Waals surface area contributed by atoms with Crippen LogP contribution in [0.25, 0.3) is 0 Å². The molecule has 0 amide bonds. The quantitative estimate of drug-likeness (QED) is 0.578. The van der Waals surface area contributed by atoms with Crippen LogP contribution in [0.3, 0.4) is 0 Å². The summed E-state index contributed by atoms with van der Waals surface area (Å²) in [6, 6.07) is 7.95. The summed E-state index contributed by atoms with van der Waals surface area (Å²) in [6.07, 6.45) is 1.14. The van der Waals surface area contributed by atoms with Gasteiger partial charge >= 0.3 is 0 Å². The summed E-state index contributed by atoms with van der Waals surface area (Å²) in [5, 5.41) is 0. The molecule has 102 valence electrons. The lowest BCUT2D eigenvalue weighted by Gasteiger charge is -2.25. The Bertz CT molecular complexity index is 334. The molecule has 0 spiro atoms. The normalized spacial score (nSPS) is 14.6. The van der Waals surface area contributed by atoms with Gasteiger partial charge in [0, 0.05) is 7.11 Å². The molecule has 0 aliphatic rings. The van der Waals surface area contributed by atoms with Crippen LogP contribution in [0, 0.1) is 0 Å². The summed E-state index contributed by atoms with van der Waals surface area (Å²) in [5.41, 5.74) is 3.91. The fourth-order valence-corrected chi connectivity index (χ4v) is 1.98. The minimum Gasteiger partial charge on any atom is -0.491 e. The molecule has 0 bridgehead atoms. The van der Waals surface area contributed by atoms with E-state index in [1.165, 1.54) is 0 Å². The van der Waals surface area contributed by atoms with E-state index in [1.807, 2.05) is 38.1 Å². The molecule has 1 aromatic rings. The average Bonchev–Trinajstić information content (AvgIpc) is 2.36. The maximum Gasteiger partial charge on any atom is 0.119 e. The van der Waals surface area contributed by atoms with E-state index in [-0.39, 0.29) is 18.2 Å². The standard InChI is InChI=1S/C14H24N2O2/c1-5-13(17-4)14(16-15)11-6-8-12(9-7-11)18-10(2)3/h6-10,13-14,16H,5,15H2,1-4H3. The summed E-state index contributed by atoms with van der Waals surface area (Å²) < 4.78 is 11.0. The highest BCUT2D eigenvalue weighted by Gasteiger charge is 2.20. The fraction of sp³-hybridized carbons (Fsp3) is 0.571. The summed E-state index contributed by atoms with van der Waals surface area (Å²) in [5.74, 6) is 6.48. The predicted octanol–water partition coefficient (Wildman–Crippen LogP) is 2.40. The molecule has 1 aromatic carbocycles. The number of rotatable bonds is 7. The number of methoxy groups -OCH3 is 1. The lowest BCUT2D eigenvalue weighted by Crippen LogP contribution is -2.37. The highest BCUT2D eigenvalue weighted by molar-refractivity contribution is 5.29. The van der Waals surface area contributed by atoms with Gasteiger partial charge in [-0.3, -0.25) is 11.3 Å². The molecule has 0 radical (unpaired) electrons. The molecule has 3 N–H and O–H groups in total. The zero-order valence-electron chi connectivity index (χ0n) is 11.6. The van der Waals surface area contributed by atoms with E-state index in [1.54, 1.807) is 7.11 Å². The van der Waals surface area contributed by atoms with Crippen LogP contribution < -0.4 is 16.0 Å². The first kappa shape index (κ1) is 15.0. The van der Waals surface area contributed by atoms with E-state index < -0.39 is 0 Å². The van der Waals surface area contributed by atoms with Crippen LogP contribution >= 0.6 is 0 Å². The Morgan fingerprint density at radius 1 is 1.22 bits per heavy atom. The van der Waals surface area contributed by atoms with Crippen molar-refractivity contribution in [3.8, 4) is 5.75 Å². The zero-order valence-corrected chi connectivity index (χ0v) is 11.6. The number of benzene rings is 1. The van der Waals surface area contributed by atoms with Gasteiger partial charge in [0.05, 0.1) is 18.2 Å². The number of hydrogen-bond acceptors (Lipinski definition) is 4. The van der Waals surface area contributed by atoms with Gasteiger partial charge in [-0.1, -0.05) is 19.1 Å². The van der Waals surface area contributed by atoms with Crippen molar-refractivity contribution in [2.24, 2.45) is 5.84 Å². The van der Waals surface area contributed by atoms with E-state index in [0.717, 1.165) is 17.7 Å². The first-order valence-electron chi connectivity index (χ1n) is 6.37. The van der Waals surface area contributed by atoms with Crippen LogP contribution in [0.15, 0.2) is 24.3 Å². The molecule has 2 unspecified atom stereocenters. The molecule has 2 atom stereocenters. The average molecular weight is 252 g/mol. The smallest absolute Gasteiger partial charge is 0.119 e. The minimum atomic E-state index is -0.00639. The molecule has 0 heterocycles. The number of hydrogen-bond donors (Lipinski definition) is 2. The third kappa shape index (κ3) is 3.98. The Labute approximate surface area is 109 Å². The van der Waals surface area contributed by atoms with Crippen molar-refractivity contribution in [1.82, 2.24) is 5.43 Å². The molecule has 1 rings (SSSR count). The third-order valence-corrected chi connectivity index (χ3v) is 2.87. The van der Waals surface area contributed by atoms with Gasteiger partial charge in [0.1, 0.15) is 5.75 Å². The lowest BCUT2D eigenvalue weighted by molar-refractivity contribution is 0.0651. The van der Waals surface area contributed by atoms with Crippen LogP contribution in [0.4, 0.5) is 0 Å². The molecule has 0 aliphatic heterocycles. The molecule has 4 nitrogen and oxygen atoms in total. The zero-order chi connectivity index (χ0) is 13.5. The Hall–Kier alpha value is -1.10. The van der Waals surface area contributed by atoms with Gasteiger partial charge in [0.2, 0.25) is 0 Å². The van der Waals surface area contributed by atoms with Crippen LogP contribution in [0.1, 0.15) is 38.8 Å². The second-order valence-electron chi connectivity index (χ2n) is 4.56. The lowest BCUT2D eigenvalue weighted by atomic mass is 10.00. The van der Waals surface area contributed by atoms with Gasteiger partial charge < -0.3 is 9.47 Å². The maximum atomic E-state index is 5.61. The van der Waals surface area contributed by atoms with E-state index in [0.29, 0.717) is 0 Å². The van der Waals surface area contributed by atoms with Crippen molar-refractivity contribution < 1.29 is 9.47 Å². The van der Waals surface area contributed by atoms with Gasteiger partial charge in [-0.25, -0.2) is 0 Å². The molecule has 0 aliphatic carbocycles. The molecule has 4 heteroatoms. The van der Waals surface area contributed by atoms with E-state index in [2.05, 4.69) is 12.3 Å². The van der Waals surface area contributed by atoms with Gasteiger partial charge in [0.15, 0.2) is 0 Å². The van der Waals surface area contributed by atoms with Crippen LogP contribution in [-0.2, 0) is 4.74 Å². The van der Waals surface area contributed by atoms with Crippen molar-refractivity contribution in [3.63, 3.8) is 0 Å². The first-order chi connectivity index (χ1) is 8.62. The molecule has 0 saturated heterocycles. The van der Waals surface area contributed by atoms with Crippen LogP contribution in [0.2, 0.25) is 0 Å². The van der Waals surface area contributed by atoms with Crippen molar-refractivity contribution >= 4 is 0 Å². The monoisotopic (exact) mass is 252 g/mol. The second kappa shape index (κ2) is 7.36. The van der Waals surface area contributed by atoms with Crippen molar-refractivity contribution in [3.05, 3.63) is 29.8 Å². The van der Waals surface area contributed by atoms with Crippen LogP contribution in [0.5, 0.6) is 5.75 Å². The van der Waals surface area contributed by atoms with E-state index in [9.17, 15) is 0 Å². The Morgan fingerprint density at radius 3 is 2.22 bits per heavy atom. The number of nitrogens with one attached hydrogen (secondary N) is 1. The molecule has 18 heavy (non-hydrogen) atoms. The minimum absolute atomic E-state index is 0.00639. The molecular weight excluding hydrogens is 228 g/mol. The number of hydrazine groups is 1. The SMILES string of the molecule is CCC(OC)C(NN)c1ccc(OC(C)C)cc1. The first-order valence-corrected chi connectivity index (χ1v) is 6.37. The largest absolute Gasteiger partial charge is 0.491 e. The van der Waals surface area contributed by atoms with Gasteiger partial charge in [-0.05, 0) is 38.0 Å². The second-order valence-corrected chi connectivity index (χ2v) is 4.56. The van der Waals surface area contributed by atoms with E-state index >= 15 is 0 Å². The Balaban J connectivity index is 2.81. The third-order valence-electron chi connectivity index (χ3n) is 2.87. The highest BCUT2D eigenvalue weighted by atomic mass is 16.5. The maximum absolute atomic E-state index is 5.61. The van der Waals surface area contributed by atoms with Crippen LogP contribution in [-0.4, -0.2) is 19.3 Å². The van der Waals surface area contributed by atoms with Crippen molar-refractivity contribution in [2.75, 3.05) is 7.11 Å². The summed E-state index contributed by atoms with van der Waals surface area (Å²) in [6.45, 7) is 6.10. The highest BCUT2D eigenvalue weighted by Crippen LogP contribution is 2.23. The topological polar surface area (TPSA) is 56.5 Å².